The molecule has 0 radical (unpaired) electrons. The molecule has 1 saturated heterocycles. The van der Waals surface area contributed by atoms with Crippen molar-refractivity contribution in [2.24, 2.45) is 5.92 Å². The second kappa shape index (κ2) is 6.89. The molecule has 4 rings (SSSR count). The fraction of sp³-hybridized carbons (Fsp3) is 0.400. The molecular formula is C20H22ClNO4. The molecule has 0 bridgehead atoms. The van der Waals surface area contributed by atoms with Crippen molar-refractivity contribution >= 4 is 17.3 Å². The van der Waals surface area contributed by atoms with Crippen LogP contribution in [-0.2, 0) is 4.74 Å². The smallest absolute Gasteiger partial charge is 0.203 e. The minimum Gasteiger partial charge on any atom is -0.493 e. The second-order valence-electron chi connectivity index (χ2n) is 6.56. The number of hydrogen-bond acceptors (Lipinski definition) is 5. The van der Waals surface area contributed by atoms with Gasteiger partial charge in [0.25, 0.3) is 0 Å². The van der Waals surface area contributed by atoms with Crippen LogP contribution >= 0.6 is 11.6 Å². The van der Waals surface area contributed by atoms with Gasteiger partial charge in [0.05, 0.1) is 33.5 Å². The van der Waals surface area contributed by atoms with Gasteiger partial charge in [-0.05, 0) is 42.3 Å². The van der Waals surface area contributed by atoms with Gasteiger partial charge in [-0.25, -0.2) is 0 Å². The van der Waals surface area contributed by atoms with Gasteiger partial charge in [0.15, 0.2) is 11.5 Å². The lowest BCUT2D eigenvalue weighted by molar-refractivity contribution is 0.0829. The fourth-order valence-corrected chi connectivity index (χ4v) is 4.23. The molecule has 2 heterocycles. The van der Waals surface area contributed by atoms with Crippen molar-refractivity contribution in [2.75, 3.05) is 33.3 Å². The molecule has 1 N–H and O–H groups in total. The largest absolute Gasteiger partial charge is 0.493 e. The van der Waals surface area contributed by atoms with E-state index in [1.807, 2.05) is 30.3 Å². The topological polar surface area (TPSA) is 49.0 Å². The van der Waals surface area contributed by atoms with Crippen LogP contribution in [0.4, 0.5) is 5.69 Å². The summed E-state index contributed by atoms with van der Waals surface area (Å²) in [6, 6.07) is 10.0. The summed E-state index contributed by atoms with van der Waals surface area (Å²) in [7, 11) is 4.88. The van der Waals surface area contributed by atoms with Gasteiger partial charge >= 0.3 is 0 Å². The highest BCUT2D eigenvalue weighted by Crippen LogP contribution is 2.52. The summed E-state index contributed by atoms with van der Waals surface area (Å²) in [6.45, 7) is 0.740. The minimum absolute atomic E-state index is 0.0361. The van der Waals surface area contributed by atoms with Crippen molar-refractivity contribution in [3.8, 4) is 17.2 Å². The minimum atomic E-state index is 0.0361. The maximum absolute atomic E-state index is 6.20. The molecule has 0 spiro atoms. The number of hydrogen-bond donors (Lipinski definition) is 1. The molecule has 2 aromatic carbocycles. The first kappa shape index (κ1) is 17.3. The van der Waals surface area contributed by atoms with Crippen molar-refractivity contribution in [3.63, 3.8) is 0 Å². The zero-order chi connectivity index (χ0) is 18.3. The average Bonchev–Trinajstić information content (AvgIpc) is 3.16. The van der Waals surface area contributed by atoms with E-state index in [1.165, 1.54) is 0 Å². The third-order valence-electron chi connectivity index (χ3n) is 5.24. The first-order chi connectivity index (χ1) is 12.7. The van der Waals surface area contributed by atoms with Crippen molar-refractivity contribution in [2.45, 2.75) is 18.6 Å². The van der Waals surface area contributed by atoms with Crippen LogP contribution in [0.1, 0.15) is 29.7 Å². The Balaban J connectivity index is 1.79. The molecule has 0 aliphatic carbocycles. The normalized spacial score (nSPS) is 23.6. The number of nitrogens with one attached hydrogen (secondary N) is 1. The lowest BCUT2D eigenvalue weighted by atomic mass is 9.81. The molecule has 2 aliphatic rings. The van der Waals surface area contributed by atoms with E-state index in [0.717, 1.165) is 34.9 Å². The molecule has 6 heteroatoms. The van der Waals surface area contributed by atoms with E-state index >= 15 is 0 Å². The Labute approximate surface area is 158 Å². The number of ether oxygens (including phenoxy) is 4. The van der Waals surface area contributed by atoms with E-state index in [1.54, 1.807) is 21.3 Å². The van der Waals surface area contributed by atoms with E-state index in [0.29, 0.717) is 23.2 Å². The highest BCUT2D eigenvalue weighted by Gasteiger charge is 2.42. The Morgan fingerprint density at radius 1 is 1.04 bits per heavy atom. The first-order valence-corrected chi connectivity index (χ1v) is 9.01. The van der Waals surface area contributed by atoms with Crippen LogP contribution in [0.5, 0.6) is 17.2 Å². The van der Waals surface area contributed by atoms with Crippen molar-refractivity contribution in [1.82, 2.24) is 0 Å². The number of halogens is 1. The molecule has 0 amide bonds. The third-order valence-corrected chi connectivity index (χ3v) is 5.48. The van der Waals surface area contributed by atoms with E-state index in [4.69, 9.17) is 30.5 Å². The maximum Gasteiger partial charge on any atom is 0.203 e. The zero-order valence-corrected chi connectivity index (χ0v) is 15.8. The standard InChI is InChI=1S/C20H22ClNO4/c1-23-16-8-11(9-17(24-2)20(16)25-3)18-13-6-7-26-19(13)14-10-12(21)4-5-15(14)22-18/h4-5,8-10,13,18-19,22H,6-7H2,1-3H3/t13-,18?,19-/m0/s1. The number of benzene rings is 2. The van der Waals surface area contributed by atoms with E-state index < -0.39 is 0 Å². The molecule has 0 saturated carbocycles. The highest BCUT2D eigenvalue weighted by molar-refractivity contribution is 6.30. The lowest BCUT2D eigenvalue weighted by Gasteiger charge is -2.37. The van der Waals surface area contributed by atoms with Crippen LogP contribution in [0.25, 0.3) is 0 Å². The molecule has 5 nitrogen and oxygen atoms in total. The van der Waals surface area contributed by atoms with Gasteiger partial charge in [-0.2, -0.15) is 0 Å². The Morgan fingerprint density at radius 2 is 1.77 bits per heavy atom. The van der Waals surface area contributed by atoms with Crippen LogP contribution < -0.4 is 19.5 Å². The predicted molar refractivity (Wildman–Crippen MR) is 101 cm³/mol. The molecule has 2 aliphatic heterocycles. The van der Waals surface area contributed by atoms with Crippen LogP contribution in [0.2, 0.25) is 5.02 Å². The number of fused-ring (bicyclic) bond motifs is 3. The summed E-state index contributed by atoms with van der Waals surface area (Å²) >= 11 is 6.20. The van der Waals surface area contributed by atoms with Gasteiger partial charge in [-0.15, -0.1) is 0 Å². The summed E-state index contributed by atoms with van der Waals surface area (Å²) in [6.07, 6.45) is 1.01. The Bertz CT molecular complexity index is 800. The van der Waals surface area contributed by atoms with Gasteiger partial charge in [0.1, 0.15) is 0 Å². The number of methoxy groups -OCH3 is 3. The van der Waals surface area contributed by atoms with Gasteiger partial charge in [-0.3, -0.25) is 0 Å². The summed E-state index contributed by atoms with van der Waals surface area (Å²) in [5.74, 6) is 2.21. The lowest BCUT2D eigenvalue weighted by Crippen LogP contribution is -2.29. The molecule has 2 aromatic rings. The molecule has 138 valence electrons. The quantitative estimate of drug-likeness (QED) is 0.845. The van der Waals surface area contributed by atoms with E-state index in [2.05, 4.69) is 5.32 Å². The SMILES string of the molecule is COc1cc(C2Nc3ccc(Cl)cc3[C@H]3OCC[C@@H]23)cc(OC)c1OC. The molecule has 26 heavy (non-hydrogen) atoms. The number of anilines is 1. The molecule has 1 unspecified atom stereocenters. The fourth-order valence-electron chi connectivity index (χ4n) is 4.05. The summed E-state index contributed by atoms with van der Waals surface area (Å²) in [4.78, 5) is 0. The van der Waals surface area contributed by atoms with Crippen LogP contribution in [0.15, 0.2) is 30.3 Å². The van der Waals surface area contributed by atoms with Gasteiger partial charge in [0.2, 0.25) is 5.75 Å². The third kappa shape index (κ3) is 2.75. The van der Waals surface area contributed by atoms with Crippen LogP contribution in [0.3, 0.4) is 0 Å². The first-order valence-electron chi connectivity index (χ1n) is 8.63. The molecule has 0 aromatic heterocycles. The predicted octanol–water partition coefficient (Wildman–Crippen LogP) is 4.61. The maximum atomic E-state index is 6.20. The Hall–Kier alpha value is -2.11. The van der Waals surface area contributed by atoms with Gasteiger partial charge < -0.3 is 24.3 Å². The average molecular weight is 376 g/mol. The highest BCUT2D eigenvalue weighted by atomic mass is 35.5. The Kier molecular flexibility index (Phi) is 4.59. The molecule has 3 atom stereocenters. The monoisotopic (exact) mass is 375 g/mol. The molecule has 1 fully saturated rings. The van der Waals surface area contributed by atoms with E-state index in [-0.39, 0.29) is 12.1 Å². The summed E-state index contributed by atoms with van der Waals surface area (Å²) < 4.78 is 22.6. The summed E-state index contributed by atoms with van der Waals surface area (Å²) in [5.41, 5.74) is 3.26. The van der Waals surface area contributed by atoms with Crippen molar-refractivity contribution in [1.29, 1.82) is 0 Å². The number of rotatable bonds is 4. The van der Waals surface area contributed by atoms with Gasteiger partial charge in [-0.1, -0.05) is 11.6 Å². The second-order valence-corrected chi connectivity index (χ2v) is 6.99. The van der Waals surface area contributed by atoms with Crippen molar-refractivity contribution in [3.05, 3.63) is 46.5 Å². The summed E-state index contributed by atoms with van der Waals surface area (Å²) in [5, 5.41) is 4.39. The molecular weight excluding hydrogens is 354 g/mol. The van der Waals surface area contributed by atoms with Crippen LogP contribution in [-0.4, -0.2) is 27.9 Å². The van der Waals surface area contributed by atoms with Gasteiger partial charge in [0, 0.05) is 28.8 Å². The Morgan fingerprint density at radius 3 is 2.42 bits per heavy atom. The zero-order valence-electron chi connectivity index (χ0n) is 15.0. The van der Waals surface area contributed by atoms with Crippen LogP contribution in [0, 0.1) is 5.92 Å². The van der Waals surface area contributed by atoms with Crippen molar-refractivity contribution < 1.29 is 18.9 Å². The van der Waals surface area contributed by atoms with E-state index in [9.17, 15) is 0 Å².